The molecule has 1 aliphatic carbocycles. The van der Waals surface area contributed by atoms with Crippen LogP contribution in [-0.2, 0) is 9.47 Å². The summed E-state index contributed by atoms with van der Waals surface area (Å²) in [6, 6.07) is 0. The van der Waals surface area contributed by atoms with Gasteiger partial charge in [-0.3, -0.25) is 0 Å². The van der Waals surface area contributed by atoms with Crippen LogP contribution in [0, 0.1) is 5.92 Å². The minimum absolute atomic E-state index is 0.366. The van der Waals surface area contributed by atoms with E-state index in [1.54, 1.807) is 0 Å². The minimum atomic E-state index is -1.54. The first kappa shape index (κ1) is 13.5. The molecule has 2 fully saturated rings. The number of hydrogen-bond donors (Lipinski definition) is 5. The van der Waals surface area contributed by atoms with Crippen molar-refractivity contribution < 1.29 is 29.9 Å². The molecule has 2 aliphatic rings. The van der Waals surface area contributed by atoms with Gasteiger partial charge in [-0.25, -0.2) is 0 Å². The highest BCUT2D eigenvalue weighted by Gasteiger charge is 2.75. The predicted octanol–water partition coefficient (Wildman–Crippen LogP) is -1.88. The summed E-state index contributed by atoms with van der Waals surface area (Å²) in [5.41, 5.74) is -1.54. The highest BCUT2D eigenvalue weighted by molar-refractivity contribution is 7.80. The van der Waals surface area contributed by atoms with Crippen LogP contribution in [0.3, 0.4) is 0 Å². The smallest absolute Gasteiger partial charge is 0.184 e. The molecule has 2 rings (SSSR count). The van der Waals surface area contributed by atoms with Gasteiger partial charge in [0.1, 0.15) is 17.8 Å². The maximum atomic E-state index is 9.97. The van der Waals surface area contributed by atoms with Crippen LogP contribution in [0.2, 0.25) is 0 Å². The van der Waals surface area contributed by atoms with Crippen molar-refractivity contribution in [3.05, 3.63) is 0 Å². The van der Waals surface area contributed by atoms with Gasteiger partial charge in [0.15, 0.2) is 6.29 Å². The highest BCUT2D eigenvalue weighted by atomic mass is 32.1. The van der Waals surface area contributed by atoms with Gasteiger partial charge in [0.2, 0.25) is 0 Å². The molecule has 1 saturated carbocycles. The quantitative estimate of drug-likeness (QED) is 0.295. The van der Waals surface area contributed by atoms with Crippen molar-refractivity contribution in [3.8, 4) is 0 Å². The largest absolute Gasteiger partial charge is 0.394 e. The summed E-state index contributed by atoms with van der Waals surface area (Å²) in [6.07, 6.45) is -3.30. The first-order valence-electron chi connectivity index (χ1n) is 5.64. The first-order chi connectivity index (χ1) is 8.07. The zero-order chi connectivity index (χ0) is 12.6. The Kier molecular flexibility index (Phi) is 3.99. The molecule has 0 aromatic rings. The fourth-order valence-corrected chi connectivity index (χ4v) is 2.51. The summed E-state index contributed by atoms with van der Waals surface area (Å²) < 4.78 is 10.6. The van der Waals surface area contributed by atoms with E-state index in [0.717, 1.165) is 0 Å². The lowest BCUT2D eigenvalue weighted by Gasteiger charge is -2.35. The van der Waals surface area contributed by atoms with E-state index in [2.05, 4.69) is 12.6 Å². The van der Waals surface area contributed by atoms with Crippen molar-refractivity contribution in [2.75, 3.05) is 19.0 Å². The molecular weight excluding hydrogens is 248 g/mol. The van der Waals surface area contributed by atoms with Crippen LogP contribution in [0.5, 0.6) is 0 Å². The molecule has 0 bridgehead atoms. The molecule has 6 atom stereocenters. The van der Waals surface area contributed by atoms with Crippen molar-refractivity contribution in [2.45, 2.75) is 36.6 Å². The molecule has 5 unspecified atom stereocenters. The summed E-state index contributed by atoms with van der Waals surface area (Å²) >= 11 is 4.03. The van der Waals surface area contributed by atoms with Crippen LogP contribution >= 0.6 is 12.6 Å². The average Bonchev–Trinajstić information content (AvgIpc) is 2.87. The van der Waals surface area contributed by atoms with Crippen molar-refractivity contribution in [1.29, 1.82) is 0 Å². The summed E-state index contributed by atoms with van der Waals surface area (Å²) in [5.74, 6) is -0.0585. The maximum absolute atomic E-state index is 9.97. The topological polar surface area (TPSA) is 99.4 Å². The van der Waals surface area contributed by atoms with Gasteiger partial charge in [0.05, 0.1) is 25.2 Å². The molecule has 1 aliphatic heterocycles. The van der Waals surface area contributed by atoms with Gasteiger partial charge in [-0.1, -0.05) is 0 Å². The average molecular weight is 266 g/mol. The summed E-state index contributed by atoms with van der Waals surface area (Å²) in [7, 11) is 0. The van der Waals surface area contributed by atoms with Gasteiger partial charge >= 0.3 is 0 Å². The van der Waals surface area contributed by atoms with Crippen LogP contribution in [-0.4, -0.2) is 69.6 Å². The lowest BCUT2D eigenvalue weighted by molar-refractivity contribution is -0.273. The molecule has 1 heterocycles. The van der Waals surface area contributed by atoms with E-state index in [1.165, 1.54) is 0 Å². The van der Waals surface area contributed by atoms with Gasteiger partial charge in [0.25, 0.3) is 0 Å². The third-order valence-corrected chi connectivity index (χ3v) is 3.77. The Morgan fingerprint density at radius 1 is 1.35 bits per heavy atom. The van der Waals surface area contributed by atoms with Crippen LogP contribution in [0.25, 0.3) is 0 Å². The van der Waals surface area contributed by atoms with Crippen molar-refractivity contribution in [2.24, 2.45) is 5.92 Å². The first-order valence-corrected chi connectivity index (χ1v) is 6.27. The van der Waals surface area contributed by atoms with Gasteiger partial charge < -0.3 is 29.9 Å². The second-order valence-corrected chi connectivity index (χ2v) is 4.92. The van der Waals surface area contributed by atoms with Gasteiger partial charge in [0, 0.05) is 0 Å². The van der Waals surface area contributed by atoms with Crippen LogP contribution in [0.4, 0.5) is 0 Å². The van der Waals surface area contributed by atoms with E-state index < -0.39 is 42.7 Å². The number of hydrogen-bond acceptors (Lipinski definition) is 7. The van der Waals surface area contributed by atoms with Crippen LogP contribution in [0.1, 0.15) is 6.42 Å². The second kappa shape index (κ2) is 5.00. The third kappa shape index (κ3) is 2.10. The Hall–Kier alpha value is 0.110. The normalized spacial score (nSPS) is 48.9. The number of rotatable bonds is 5. The Morgan fingerprint density at radius 2 is 2.06 bits per heavy atom. The van der Waals surface area contributed by atoms with E-state index in [0.29, 0.717) is 18.8 Å². The lowest BCUT2D eigenvalue weighted by Crippen LogP contribution is -2.51. The molecule has 1 saturated heterocycles. The molecule has 0 amide bonds. The van der Waals surface area contributed by atoms with Crippen LogP contribution < -0.4 is 0 Å². The number of fused-ring (bicyclic) bond motifs is 1. The van der Waals surface area contributed by atoms with E-state index in [9.17, 15) is 15.3 Å². The Balaban J connectivity index is 1.97. The van der Waals surface area contributed by atoms with Crippen molar-refractivity contribution >= 4 is 12.6 Å². The molecule has 7 heteroatoms. The number of ether oxygens (including phenoxy) is 2. The van der Waals surface area contributed by atoms with Gasteiger partial charge in [-0.15, -0.1) is 0 Å². The number of aliphatic hydroxyl groups excluding tert-OH is 3. The fourth-order valence-electron chi connectivity index (χ4n) is 2.38. The van der Waals surface area contributed by atoms with E-state index >= 15 is 0 Å². The summed E-state index contributed by atoms with van der Waals surface area (Å²) in [6.45, 7) is -0.0617. The van der Waals surface area contributed by atoms with Crippen molar-refractivity contribution in [1.82, 2.24) is 0 Å². The van der Waals surface area contributed by atoms with E-state index in [-0.39, 0.29) is 0 Å². The molecule has 0 spiro atoms. The molecular formula is C10H18O6S. The lowest BCUT2D eigenvalue weighted by atomic mass is 10.0. The number of thiol groups is 1. The molecule has 6 nitrogen and oxygen atoms in total. The summed E-state index contributed by atoms with van der Waals surface area (Å²) in [4.78, 5) is 0. The third-order valence-electron chi connectivity index (χ3n) is 3.45. The van der Waals surface area contributed by atoms with Gasteiger partial charge in [-0.05, 0) is 12.2 Å². The minimum Gasteiger partial charge on any atom is -0.394 e. The zero-order valence-corrected chi connectivity index (χ0v) is 10.2. The number of aliphatic hydroxyl groups is 4. The predicted molar refractivity (Wildman–Crippen MR) is 60.6 cm³/mol. The molecule has 4 N–H and O–H groups in total. The Morgan fingerprint density at radius 3 is 2.65 bits per heavy atom. The van der Waals surface area contributed by atoms with Gasteiger partial charge in [-0.2, -0.15) is 12.6 Å². The van der Waals surface area contributed by atoms with E-state index in [4.69, 9.17) is 14.6 Å². The Labute approximate surface area is 105 Å². The molecule has 100 valence electrons. The standard InChI is InChI=1S/C10H18O6S/c11-4-5-10(14)6(8(10)13)7(12)9(16-5)15-2-1-3-17/h5-9,11-14,17H,1-4H2/t5?,6-,7?,8?,9?,10?/m0/s1. The molecule has 0 radical (unpaired) electrons. The van der Waals surface area contributed by atoms with Crippen LogP contribution in [0.15, 0.2) is 0 Å². The zero-order valence-electron chi connectivity index (χ0n) is 9.27. The highest BCUT2D eigenvalue weighted by Crippen LogP contribution is 2.53. The molecule has 0 aromatic heterocycles. The molecule has 17 heavy (non-hydrogen) atoms. The monoisotopic (exact) mass is 266 g/mol. The molecule has 0 aromatic carbocycles. The fraction of sp³-hybridized carbons (Fsp3) is 1.00. The van der Waals surface area contributed by atoms with E-state index in [1.807, 2.05) is 0 Å². The summed E-state index contributed by atoms with van der Waals surface area (Å²) in [5, 5.41) is 38.5. The second-order valence-electron chi connectivity index (χ2n) is 4.47. The van der Waals surface area contributed by atoms with Crippen molar-refractivity contribution in [3.63, 3.8) is 0 Å². The SMILES string of the molecule is OCC1OC(OCCCS)C(O)[C@H]2C(O)C12O. The Bertz CT molecular complexity index is 274. The maximum Gasteiger partial charge on any atom is 0.184 e.